The molecular weight excluding hydrogens is 472 g/mol. The van der Waals surface area contributed by atoms with Crippen LogP contribution in [0.4, 0.5) is 0 Å². The predicted molar refractivity (Wildman–Crippen MR) is 120 cm³/mol. The summed E-state index contributed by atoms with van der Waals surface area (Å²) in [6, 6.07) is 4.69. The minimum absolute atomic E-state index is 0.0909. The van der Waals surface area contributed by atoms with Crippen molar-refractivity contribution < 1.29 is 51.4 Å². The Bertz CT molecular complexity index is 1120. The van der Waals surface area contributed by atoms with Crippen molar-refractivity contribution in [1.82, 2.24) is 0 Å². The van der Waals surface area contributed by atoms with Gasteiger partial charge in [-0.1, -0.05) is 0 Å². The zero-order chi connectivity index (χ0) is 25.2. The van der Waals surface area contributed by atoms with E-state index in [-0.39, 0.29) is 47.5 Å². The maximum absolute atomic E-state index is 11.4. The summed E-state index contributed by atoms with van der Waals surface area (Å²) in [7, 11) is 0.704. The van der Waals surface area contributed by atoms with E-state index in [4.69, 9.17) is 23.1 Å². The molecule has 2 aromatic carbocycles. The molecule has 188 valence electrons. The standard InChI is InChI=1S/C22H28O11S/c1-29-15-7-12(8-16(30-2)20(15)24)18-14(10-33-34(26,27)28)13(9-23)5-11-6-17(31-3)21(25)22(32-4)19(11)18/h6-8,13-14,18,23-25H,5,9-10H2,1-4H3,(H,26,27,28)/t13-,14-,18-/m1/s1. The van der Waals surface area contributed by atoms with Crippen LogP contribution in [0.2, 0.25) is 0 Å². The lowest BCUT2D eigenvalue weighted by Crippen LogP contribution is -2.36. The highest BCUT2D eigenvalue weighted by Crippen LogP contribution is 2.54. The number of phenols is 2. The highest BCUT2D eigenvalue weighted by atomic mass is 32.3. The Balaban J connectivity index is 2.34. The molecule has 0 saturated carbocycles. The number of aliphatic hydroxyl groups is 1. The molecule has 0 fully saturated rings. The molecule has 0 unspecified atom stereocenters. The zero-order valence-corrected chi connectivity index (χ0v) is 20.0. The van der Waals surface area contributed by atoms with E-state index in [1.54, 1.807) is 6.07 Å². The number of methoxy groups -OCH3 is 4. The minimum atomic E-state index is -4.78. The average molecular weight is 501 g/mol. The van der Waals surface area contributed by atoms with Gasteiger partial charge in [-0.2, -0.15) is 8.42 Å². The number of rotatable bonds is 9. The second-order valence-electron chi connectivity index (χ2n) is 7.81. The Labute approximate surface area is 197 Å². The summed E-state index contributed by atoms with van der Waals surface area (Å²) in [5.74, 6) is -2.01. The number of hydrogen-bond donors (Lipinski definition) is 4. The molecule has 2 aromatic rings. The summed E-state index contributed by atoms with van der Waals surface area (Å²) in [4.78, 5) is 0. The third-order valence-corrected chi connectivity index (χ3v) is 6.53. The lowest BCUT2D eigenvalue weighted by molar-refractivity contribution is 0.106. The van der Waals surface area contributed by atoms with Gasteiger partial charge >= 0.3 is 10.4 Å². The number of benzene rings is 2. The fraction of sp³-hybridized carbons (Fsp3) is 0.455. The Kier molecular flexibility index (Phi) is 7.66. The van der Waals surface area contributed by atoms with Gasteiger partial charge in [-0.05, 0) is 41.7 Å². The molecule has 3 rings (SSSR count). The quantitative estimate of drug-likeness (QED) is 0.372. The summed E-state index contributed by atoms with van der Waals surface area (Å²) < 4.78 is 58.0. The second-order valence-corrected chi connectivity index (χ2v) is 8.90. The van der Waals surface area contributed by atoms with Crippen molar-refractivity contribution in [3.05, 3.63) is 34.9 Å². The highest BCUT2D eigenvalue weighted by molar-refractivity contribution is 7.80. The van der Waals surface area contributed by atoms with Crippen molar-refractivity contribution in [1.29, 1.82) is 0 Å². The molecular formula is C22H28O11S. The lowest BCUT2D eigenvalue weighted by Gasteiger charge is -2.40. The lowest BCUT2D eigenvalue weighted by atomic mass is 9.66. The second kappa shape index (κ2) is 10.1. The van der Waals surface area contributed by atoms with Gasteiger partial charge in [-0.3, -0.25) is 4.55 Å². The summed E-state index contributed by atoms with van der Waals surface area (Å²) in [5, 5.41) is 31.3. The molecule has 0 bridgehead atoms. The first-order chi connectivity index (χ1) is 16.1. The smallest absolute Gasteiger partial charge is 0.397 e. The Morgan fingerprint density at radius 3 is 1.94 bits per heavy atom. The minimum Gasteiger partial charge on any atom is -0.502 e. The van der Waals surface area contributed by atoms with Gasteiger partial charge in [0.2, 0.25) is 11.5 Å². The summed E-state index contributed by atoms with van der Waals surface area (Å²) in [5.41, 5.74) is 1.69. The molecule has 0 heterocycles. The first kappa shape index (κ1) is 25.7. The van der Waals surface area contributed by atoms with E-state index in [2.05, 4.69) is 0 Å². The van der Waals surface area contributed by atoms with Crippen LogP contribution >= 0.6 is 0 Å². The summed E-state index contributed by atoms with van der Waals surface area (Å²) in [6.07, 6.45) is 0.279. The van der Waals surface area contributed by atoms with E-state index in [1.165, 1.54) is 40.6 Å². The van der Waals surface area contributed by atoms with Crippen molar-refractivity contribution in [2.24, 2.45) is 11.8 Å². The van der Waals surface area contributed by atoms with Crippen LogP contribution in [0.3, 0.4) is 0 Å². The maximum atomic E-state index is 11.4. The molecule has 0 amide bonds. The molecule has 0 saturated heterocycles. The van der Waals surface area contributed by atoms with Gasteiger partial charge in [-0.15, -0.1) is 0 Å². The van der Waals surface area contributed by atoms with E-state index >= 15 is 0 Å². The maximum Gasteiger partial charge on any atom is 0.397 e. The number of phenolic OH excluding ortho intramolecular Hbond substituents is 2. The molecule has 1 aliphatic carbocycles. The molecule has 0 radical (unpaired) electrons. The number of aliphatic hydroxyl groups excluding tert-OH is 1. The molecule has 0 aliphatic heterocycles. The van der Waals surface area contributed by atoms with Crippen LogP contribution in [-0.2, 0) is 21.0 Å². The SMILES string of the molecule is COc1cc([C@H]2c3c(cc(OC)c(O)c3OC)C[C@H](CO)[C@H]2COS(=O)(=O)O)cc(OC)c1O. The Morgan fingerprint density at radius 1 is 0.912 bits per heavy atom. The van der Waals surface area contributed by atoms with Gasteiger partial charge in [0.1, 0.15) is 0 Å². The number of ether oxygens (including phenoxy) is 4. The number of fused-ring (bicyclic) bond motifs is 1. The van der Waals surface area contributed by atoms with Crippen molar-refractivity contribution in [2.75, 3.05) is 41.7 Å². The number of hydrogen-bond acceptors (Lipinski definition) is 10. The van der Waals surface area contributed by atoms with E-state index in [9.17, 15) is 28.3 Å². The molecule has 1 aliphatic rings. The van der Waals surface area contributed by atoms with Gasteiger partial charge in [0.25, 0.3) is 0 Å². The summed E-state index contributed by atoms with van der Waals surface area (Å²) in [6.45, 7) is -0.803. The summed E-state index contributed by atoms with van der Waals surface area (Å²) >= 11 is 0. The van der Waals surface area contributed by atoms with Gasteiger partial charge in [0.05, 0.1) is 35.0 Å². The fourth-order valence-electron chi connectivity index (χ4n) is 4.59. The van der Waals surface area contributed by atoms with Gasteiger partial charge in [-0.25, -0.2) is 4.18 Å². The van der Waals surface area contributed by atoms with E-state index in [1.807, 2.05) is 0 Å². The van der Waals surface area contributed by atoms with Crippen LogP contribution in [0.15, 0.2) is 18.2 Å². The van der Waals surface area contributed by atoms with Crippen molar-refractivity contribution >= 4 is 10.4 Å². The van der Waals surface area contributed by atoms with E-state index in [0.717, 1.165) is 0 Å². The predicted octanol–water partition coefficient (Wildman–Crippen LogP) is 1.86. The Hall–Kier alpha value is -2.93. The molecule has 3 atom stereocenters. The van der Waals surface area contributed by atoms with Crippen LogP contribution in [-0.4, -0.2) is 69.9 Å². The van der Waals surface area contributed by atoms with E-state index < -0.39 is 34.8 Å². The molecule has 11 nitrogen and oxygen atoms in total. The fourth-order valence-corrected chi connectivity index (χ4v) is 4.91. The average Bonchev–Trinajstić information content (AvgIpc) is 2.81. The molecule has 4 N–H and O–H groups in total. The van der Waals surface area contributed by atoms with Crippen molar-refractivity contribution in [2.45, 2.75) is 12.3 Å². The first-order valence-corrected chi connectivity index (χ1v) is 11.6. The van der Waals surface area contributed by atoms with Gasteiger partial charge in [0, 0.05) is 24.0 Å². The third-order valence-electron chi connectivity index (χ3n) is 6.10. The van der Waals surface area contributed by atoms with Crippen molar-refractivity contribution in [3.8, 4) is 34.5 Å². The van der Waals surface area contributed by atoms with Crippen LogP contribution in [0, 0.1) is 11.8 Å². The topological polar surface area (TPSA) is 161 Å². The molecule has 0 spiro atoms. The normalized spacial score (nSPS) is 19.9. The van der Waals surface area contributed by atoms with Gasteiger partial charge < -0.3 is 34.3 Å². The van der Waals surface area contributed by atoms with E-state index in [0.29, 0.717) is 16.7 Å². The van der Waals surface area contributed by atoms with Crippen LogP contribution in [0.25, 0.3) is 0 Å². The highest BCUT2D eigenvalue weighted by Gasteiger charge is 2.42. The van der Waals surface area contributed by atoms with Gasteiger partial charge in [0.15, 0.2) is 23.0 Å². The third kappa shape index (κ3) is 4.80. The van der Waals surface area contributed by atoms with Crippen LogP contribution < -0.4 is 18.9 Å². The van der Waals surface area contributed by atoms with Crippen LogP contribution in [0.1, 0.15) is 22.6 Å². The molecule has 34 heavy (non-hydrogen) atoms. The largest absolute Gasteiger partial charge is 0.502 e. The molecule has 12 heteroatoms. The number of aromatic hydroxyl groups is 2. The molecule has 0 aromatic heterocycles. The van der Waals surface area contributed by atoms with Crippen LogP contribution in [0.5, 0.6) is 34.5 Å². The monoisotopic (exact) mass is 500 g/mol. The first-order valence-electron chi connectivity index (χ1n) is 10.2. The Morgan fingerprint density at radius 2 is 1.47 bits per heavy atom. The zero-order valence-electron chi connectivity index (χ0n) is 19.1. The van der Waals surface area contributed by atoms with Crippen molar-refractivity contribution in [3.63, 3.8) is 0 Å².